The number of hydrogen-bond donors (Lipinski definition) is 1. The van der Waals surface area contributed by atoms with E-state index in [-0.39, 0.29) is 24.6 Å². The molecule has 9 nitrogen and oxygen atoms in total. The Morgan fingerprint density at radius 2 is 1.44 bits per heavy atom. The SMILES string of the molecule is Cc1cc(C)c(/C(C(=O)O)=C(\OCc2ccccc2)C2CCC(OCCN3CCN(CCOCC(=O)OC(C)(C)C)CC3)CC2)c(C)c1. The number of nitrogens with zero attached hydrogens (tertiary/aromatic N) is 2. The van der Waals surface area contributed by atoms with Crippen molar-refractivity contribution in [3.8, 4) is 0 Å². The molecule has 0 unspecified atom stereocenters. The third kappa shape index (κ3) is 11.7. The van der Waals surface area contributed by atoms with Gasteiger partial charge in [-0.05, 0) is 89.5 Å². The van der Waals surface area contributed by atoms with Crippen molar-refractivity contribution >= 4 is 17.5 Å². The molecule has 0 bridgehead atoms. The standard InChI is InChI=1S/C39H56N2O7/c1-28-24-29(2)35(30(3)25-28)36(38(43)44)37(47-26-31-10-8-7-9-11-31)32-12-14-33(15-13-32)46-23-21-41-18-16-40(17-19-41)20-22-45-27-34(42)48-39(4,5)6/h7-11,24-25,32-33H,12-23,26-27H2,1-6H3,(H,43,44)/b37-36+. The molecule has 0 aromatic heterocycles. The van der Waals surface area contributed by atoms with Gasteiger partial charge in [-0.3, -0.25) is 9.80 Å². The fraction of sp³-hybridized carbons (Fsp3) is 0.590. The maximum absolute atomic E-state index is 12.9. The number of ether oxygens (including phenoxy) is 4. The van der Waals surface area contributed by atoms with Crippen molar-refractivity contribution in [1.82, 2.24) is 9.80 Å². The lowest BCUT2D eigenvalue weighted by Crippen LogP contribution is -2.48. The first-order chi connectivity index (χ1) is 22.9. The number of carboxylic acids is 1. The highest BCUT2D eigenvalue weighted by Gasteiger charge is 2.32. The first kappa shape index (κ1) is 37.6. The van der Waals surface area contributed by atoms with E-state index in [0.717, 1.165) is 92.8 Å². The lowest BCUT2D eigenvalue weighted by Gasteiger charge is -2.35. The average Bonchev–Trinajstić information content (AvgIpc) is 3.03. The molecule has 0 radical (unpaired) electrons. The summed E-state index contributed by atoms with van der Waals surface area (Å²) in [6.07, 6.45) is 3.56. The molecule has 2 aliphatic rings. The van der Waals surface area contributed by atoms with Crippen LogP contribution in [0.5, 0.6) is 0 Å². The molecule has 48 heavy (non-hydrogen) atoms. The number of carboxylic acid groups (broad SMARTS) is 1. The van der Waals surface area contributed by atoms with Crippen LogP contribution in [0.15, 0.2) is 48.2 Å². The Labute approximate surface area is 287 Å². The molecule has 1 aliphatic carbocycles. The van der Waals surface area contributed by atoms with Crippen molar-refractivity contribution in [2.75, 3.05) is 59.1 Å². The van der Waals surface area contributed by atoms with Crippen LogP contribution in [0.4, 0.5) is 0 Å². The van der Waals surface area contributed by atoms with Gasteiger partial charge in [0.25, 0.3) is 0 Å². The molecule has 1 N–H and O–H groups in total. The number of aryl methyl sites for hydroxylation is 3. The second-order valence-corrected chi connectivity index (χ2v) is 14.3. The van der Waals surface area contributed by atoms with Gasteiger partial charge in [0, 0.05) is 45.2 Å². The number of carbonyl (C=O) groups is 2. The number of aliphatic carboxylic acids is 1. The Kier molecular flexibility index (Phi) is 14.1. The van der Waals surface area contributed by atoms with E-state index in [2.05, 4.69) is 9.80 Å². The van der Waals surface area contributed by atoms with Crippen LogP contribution in [0.25, 0.3) is 5.57 Å². The lowest BCUT2D eigenvalue weighted by atomic mass is 9.82. The summed E-state index contributed by atoms with van der Waals surface area (Å²) in [7, 11) is 0. The molecule has 2 fully saturated rings. The van der Waals surface area contributed by atoms with Crippen molar-refractivity contribution < 1.29 is 33.6 Å². The molecule has 0 spiro atoms. The zero-order valence-electron chi connectivity index (χ0n) is 29.9. The Morgan fingerprint density at radius 3 is 2.00 bits per heavy atom. The predicted molar refractivity (Wildman–Crippen MR) is 188 cm³/mol. The van der Waals surface area contributed by atoms with Gasteiger partial charge in [0.2, 0.25) is 0 Å². The number of benzene rings is 2. The van der Waals surface area contributed by atoms with Gasteiger partial charge >= 0.3 is 11.9 Å². The van der Waals surface area contributed by atoms with Crippen molar-refractivity contribution in [3.05, 3.63) is 76.0 Å². The molecule has 1 saturated carbocycles. The smallest absolute Gasteiger partial charge is 0.339 e. The third-order valence-electron chi connectivity index (χ3n) is 9.09. The van der Waals surface area contributed by atoms with Crippen LogP contribution in [0.2, 0.25) is 0 Å². The number of carbonyl (C=O) groups excluding carboxylic acids is 1. The van der Waals surface area contributed by atoms with E-state index in [1.54, 1.807) is 0 Å². The minimum atomic E-state index is -0.945. The average molecular weight is 665 g/mol. The number of esters is 1. The molecule has 264 valence electrons. The highest BCUT2D eigenvalue weighted by atomic mass is 16.6. The number of allylic oxidation sites excluding steroid dienone is 1. The van der Waals surface area contributed by atoms with Crippen molar-refractivity contribution in [2.24, 2.45) is 5.92 Å². The summed E-state index contributed by atoms with van der Waals surface area (Å²) in [5.41, 5.74) is 4.60. The van der Waals surface area contributed by atoms with E-state index >= 15 is 0 Å². The van der Waals surface area contributed by atoms with Crippen LogP contribution in [0, 0.1) is 26.7 Å². The molecule has 0 atom stereocenters. The van der Waals surface area contributed by atoms with Crippen molar-refractivity contribution in [2.45, 2.75) is 85.5 Å². The lowest BCUT2D eigenvalue weighted by molar-refractivity contribution is -0.160. The summed E-state index contributed by atoms with van der Waals surface area (Å²) >= 11 is 0. The summed E-state index contributed by atoms with van der Waals surface area (Å²) in [6, 6.07) is 14.0. The van der Waals surface area contributed by atoms with E-state index in [9.17, 15) is 14.7 Å². The van der Waals surface area contributed by atoms with Gasteiger partial charge < -0.3 is 24.1 Å². The van der Waals surface area contributed by atoms with Gasteiger partial charge in [0.1, 0.15) is 30.1 Å². The Balaban J connectivity index is 1.26. The largest absolute Gasteiger partial charge is 0.492 e. The van der Waals surface area contributed by atoms with Gasteiger partial charge in [-0.1, -0.05) is 48.0 Å². The monoisotopic (exact) mass is 664 g/mol. The molecule has 1 heterocycles. The molecule has 1 saturated heterocycles. The molecular weight excluding hydrogens is 608 g/mol. The van der Waals surface area contributed by atoms with Crippen LogP contribution in [0.1, 0.15) is 74.3 Å². The minimum Gasteiger partial charge on any atom is -0.492 e. The van der Waals surface area contributed by atoms with Gasteiger partial charge in [0.15, 0.2) is 0 Å². The van der Waals surface area contributed by atoms with Crippen LogP contribution in [0.3, 0.4) is 0 Å². The third-order valence-corrected chi connectivity index (χ3v) is 9.09. The van der Waals surface area contributed by atoms with Crippen LogP contribution in [-0.4, -0.2) is 97.6 Å². The number of hydrogen-bond acceptors (Lipinski definition) is 8. The van der Waals surface area contributed by atoms with Gasteiger partial charge in [0.05, 0.1) is 19.3 Å². The normalized spacial score (nSPS) is 19.9. The van der Waals surface area contributed by atoms with Gasteiger partial charge in [-0.15, -0.1) is 0 Å². The molecule has 0 amide bonds. The molecule has 4 rings (SSSR count). The van der Waals surface area contributed by atoms with Crippen LogP contribution >= 0.6 is 0 Å². The van der Waals surface area contributed by atoms with E-state index in [1.165, 1.54) is 0 Å². The van der Waals surface area contributed by atoms with Crippen LogP contribution < -0.4 is 0 Å². The highest BCUT2D eigenvalue weighted by molar-refractivity contribution is 6.17. The quantitative estimate of drug-likeness (QED) is 0.104. The van der Waals surface area contributed by atoms with E-state index in [1.807, 2.05) is 84.0 Å². The minimum absolute atomic E-state index is 0.0123. The summed E-state index contributed by atoms with van der Waals surface area (Å²) in [4.78, 5) is 29.5. The molecule has 1 aliphatic heterocycles. The van der Waals surface area contributed by atoms with E-state index in [0.29, 0.717) is 31.2 Å². The van der Waals surface area contributed by atoms with E-state index < -0.39 is 11.6 Å². The Hall–Kier alpha value is -3.24. The van der Waals surface area contributed by atoms with Crippen molar-refractivity contribution in [3.63, 3.8) is 0 Å². The summed E-state index contributed by atoms with van der Waals surface area (Å²) in [6.45, 7) is 18.7. The highest BCUT2D eigenvalue weighted by Crippen LogP contribution is 2.38. The van der Waals surface area contributed by atoms with Gasteiger partial charge in [-0.2, -0.15) is 0 Å². The fourth-order valence-corrected chi connectivity index (χ4v) is 6.84. The second kappa shape index (κ2) is 18.0. The maximum Gasteiger partial charge on any atom is 0.339 e. The second-order valence-electron chi connectivity index (χ2n) is 14.3. The van der Waals surface area contributed by atoms with E-state index in [4.69, 9.17) is 18.9 Å². The van der Waals surface area contributed by atoms with Crippen LogP contribution in [-0.2, 0) is 35.1 Å². The summed E-state index contributed by atoms with van der Waals surface area (Å²) in [5, 5.41) is 10.6. The van der Waals surface area contributed by atoms with Gasteiger partial charge in [-0.25, -0.2) is 9.59 Å². The summed E-state index contributed by atoms with van der Waals surface area (Å²) in [5.74, 6) is -0.666. The first-order valence-corrected chi connectivity index (χ1v) is 17.5. The molecule has 2 aromatic carbocycles. The number of piperazine rings is 1. The fourth-order valence-electron chi connectivity index (χ4n) is 6.84. The zero-order chi connectivity index (χ0) is 34.7. The first-order valence-electron chi connectivity index (χ1n) is 17.5. The molecule has 2 aromatic rings. The summed E-state index contributed by atoms with van der Waals surface area (Å²) < 4.78 is 23.6. The topological polar surface area (TPSA) is 97.8 Å². The zero-order valence-corrected chi connectivity index (χ0v) is 29.9. The van der Waals surface area contributed by atoms with Crippen molar-refractivity contribution in [1.29, 1.82) is 0 Å². The Morgan fingerprint density at radius 1 is 0.854 bits per heavy atom. The maximum atomic E-state index is 12.9. The molecule has 9 heteroatoms. The molecular formula is C39H56N2O7. The predicted octanol–water partition coefficient (Wildman–Crippen LogP) is 6.18. The number of rotatable bonds is 15. The Bertz CT molecular complexity index is 1350.